The van der Waals surface area contributed by atoms with E-state index in [-0.39, 0.29) is 23.4 Å². The maximum atomic E-state index is 6.32. The first-order chi connectivity index (χ1) is 15.2. The molecule has 176 valence electrons. The van der Waals surface area contributed by atoms with Crippen LogP contribution in [0.5, 0.6) is 0 Å². The smallest absolute Gasteiger partial charge is 0.160 e. The minimum atomic E-state index is -0.0571. The van der Waals surface area contributed by atoms with E-state index in [1.54, 1.807) is 0 Å². The number of hydrogen-bond acceptors (Lipinski definition) is 5. The summed E-state index contributed by atoms with van der Waals surface area (Å²) in [6.45, 7) is 8.64. The molecule has 0 aromatic rings. The van der Waals surface area contributed by atoms with E-state index in [2.05, 4.69) is 38.2 Å². The van der Waals surface area contributed by atoms with Crippen LogP contribution < -0.4 is 0 Å². The summed E-state index contributed by atoms with van der Waals surface area (Å²) >= 11 is 0. The van der Waals surface area contributed by atoms with Gasteiger partial charge < -0.3 is 23.7 Å². The average Bonchev–Trinajstić information content (AvgIpc) is 2.86. The number of rotatable bonds is 8. The maximum Gasteiger partial charge on any atom is 0.160 e. The maximum absolute atomic E-state index is 6.32. The Kier molecular flexibility index (Phi) is 8.27. The van der Waals surface area contributed by atoms with Crippen LogP contribution in [-0.2, 0) is 23.7 Å². The zero-order valence-electron chi connectivity index (χ0n) is 19.6. The third-order valence-electron chi connectivity index (χ3n) is 7.92. The lowest BCUT2D eigenvalue weighted by Crippen LogP contribution is -2.49. The van der Waals surface area contributed by atoms with Crippen molar-refractivity contribution < 1.29 is 23.7 Å². The largest absolute Gasteiger partial charge is 0.380 e. The summed E-state index contributed by atoms with van der Waals surface area (Å²) in [5.41, 5.74) is -0.105. The molecular weight excluding hydrogens is 392 g/mol. The lowest BCUT2D eigenvalue weighted by atomic mass is 9.84. The Labute approximate surface area is 188 Å². The van der Waals surface area contributed by atoms with Crippen molar-refractivity contribution in [2.45, 2.75) is 77.8 Å². The second-order valence-corrected chi connectivity index (χ2v) is 10.3. The first-order valence-corrected chi connectivity index (χ1v) is 12.5. The predicted octanol–water partition coefficient (Wildman–Crippen LogP) is 5.25. The molecule has 2 fully saturated rings. The highest BCUT2D eigenvalue weighted by Gasteiger charge is 2.41. The van der Waals surface area contributed by atoms with E-state index in [1.165, 1.54) is 0 Å². The minimum absolute atomic E-state index is 0.0523. The van der Waals surface area contributed by atoms with Crippen molar-refractivity contribution in [1.82, 2.24) is 0 Å². The lowest BCUT2D eigenvalue weighted by molar-refractivity contribution is -0.273. The van der Waals surface area contributed by atoms with Crippen LogP contribution in [0.1, 0.15) is 65.2 Å². The third kappa shape index (κ3) is 5.80. The van der Waals surface area contributed by atoms with Crippen molar-refractivity contribution in [1.29, 1.82) is 0 Å². The Hall–Kier alpha value is -0.720. The van der Waals surface area contributed by atoms with Crippen LogP contribution in [0.4, 0.5) is 0 Å². The predicted molar refractivity (Wildman–Crippen MR) is 121 cm³/mol. The Morgan fingerprint density at radius 2 is 1.10 bits per heavy atom. The van der Waals surface area contributed by atoms with Gasteiger partial charge in [-0.3, -0.25) is 0 Å². The summed E-state index contributed by atoms with van der Waals surface area (Å²) in [4.78, 5) is 0. The van der Waals surface area contributed by atoms with Gasteiger partial charge in [0.2, 0.25) is 0 Å². The second-order valence-electron chi connectivity index (χ2n) is 10.3. The molecule has 0 saturated carbocycles. The van der Waals surface area contributed by atoms with E-state index in [0.717, 1.165) is 77.8 Å². The number of allylic oxidation sites excluding steroid dienone is 4. The lowest BCUT2D eigenvalue weighted by Gasteiger charge is -2.44. The monoisotopic (exact) mass is 434 g/mol. The summed E-state index contributed by atoms with van der Waals surface area (Å²) in [6.07, 6.45) is 17.7. The molecule has 2 atom stereocenters. The van der Waals surface area contributed by atoms with Gasteiger partial charge in [0.25, 0.3) is 0 Å². The van der Waals surface area contributed by atoms with Gasteiger partial charge in [0.05, 0.1) is 39.6 Å². The molecule has 0 aromatic heterocycles. The molecule has 5 heteroatoms. The number of hydrogen-bond donors (Lipinski definition) is 0. The normalized spacial score (nSPS) is 41.4. The van der Waals surface area contributed by atoms with Gasteiger partial charge in [-0.15, -0.1) is 0 Å². The fourth-order valence-corrected chi connectivity index (χ4v) is 5.15. The Balaban J connectivity index is 1.22. The zero-order chi connectivity index (χ0) is 21.6. The third-order valence-corrected chi connectivity index (χ3v) is 7.92. The second kappa shape index (κ2) is 10.9. The highest BCUT2D eigenvalue weighted by molar-refractivity contribution is 4.94. The van der Waals surface area contributed by atoms with E-state index in [1.807, 2.05) is 0 Å². The summed E-state index contributed by atoms with van der Waals surface area (Å²) in [5, 5.41) is 0. The van der Waals surface area contributed by atoms with Gasteiger partial charge >= 0.3 is 0 Å². The van der Waals surface area contributed by atoms with E-state index in [4.69, 9.17) is 23.7 Å². The molecule has 5 nitrogen and oxygen atoms in total. The van der Waals surface area contributed by atoms with Crippen molar-refractivity contribution in [3.63, 3.8) is 0 Å². The molecule has 0 N–H and O–H groups in total. The quantitative estimate of drug-likeness (QED) is 0.488. The summed E-state index contributed by atoms with van der Waals surface area (Å²) in [6, 6.07) is 0. The van der Waals surface area contributed by atoms with Crippen LogP contribution in [0.3, 0.4) is 0 Å². The molecule has 0 amide bonds. The van der Waals surface area contributed by atoms with E-state index in [0.29, 0.717) is 25.0 Å². The van der Waals surface area contributed by atoms with Gasteiger partial charge in [0.15, 0.2) is 12.6 Å². The van der Waals surface area contributed by atoms with Gasteiger partial charge in [0.1, 0.15) is 0 Å². The molecule has 0 aromatic carbocycles. The number of ether oxygens (including phenoxy) is 5. The van der Waals surface area contributed by atoms with Gasteiger partial charge in [-0.25, -0.2) is 0 Å². The summed E-state index contributed by atoms with van der Waals surface area (Å²) < 4.78 is 31.2. The van der Waals surface area contributed by atoms with E-state index >= 15 is 0 Å². The van der Waals surface area contributed by atoms with Gasteiger partial charge in [0, 0.05) is 22.7 Å². The molecule has 4 aliphatic rings. The molecule has 2 aliphatic heterocycles. The minimum Gasteiger partial charge on any atom is -0.380 e. The highest BCUT2D eigenvalue weighted by Crippen LogP contribution is 2.37. The van der Waals surface area contributed by atoms with Crippen molar-refractivity contribution in [3.05, 3.63) is 24.3 Å². The molecule has 0 radical (unpaired) electrons. The summed E-state index contributed by atoms with van der Waals surface area (Å²) in [5.74, 6) is 0.988. The molecule has 0 bridgehead atoms. The van der Waals surface area contributed by atoms with Crippen LogP contribution in [0.15, 0.2) is 24.3 Å². The molecule has 2 heterocycles. The standard InChI is InChI=1S/C26H42O5/c1-3-25(17-28-23(29-18-25)21-11-7-5-8-12-21)15-27-16-26(4-2)19-30-24(31-20-26)22-13-9-6-10-14-22/h5-7,9,21-24H,3-4,8,10-20H2,1-2H3. The Morgan fingerprint density at radius 1 is 0.677 bits per heavy atom. The van der Waals surface area contributed by atoms with Crippen molar-refractivity contribution in [2.75, 3.05) is 39.6 Å². The van der Waals surface area contributed by atoms with Crippen LogP contribution in [-0.4, -0.2) is 52.2 Å². The molecule has 31 heavy (non-hydrogen) atoms. The van der Waals surface area contributed by atoms with Crippen molar-refractivity contribution >= 4 is 0 Å². The molecule has 2 unspecified atom stereocenters. The topological polar surface area (TPSA) is 46.2 Å². The van der Waals surface area contributed by atoms with Crippen molar-refractivity contribution in [2.24, 2.45) is 22.7 Å². The Morgan fingerprint density at radius 3 is 1.42 bits per heavy atom. The fourth-order valence-electron chi connectivity index (χ4n) is 5.15. The van der Waals surface area contributed by atoms with E-state index in [9.17, 15) is 0 Å². The Bertz CT molecular complexity index is 547. The van der Waals surface area contributed by atoms with Crippen LogP contribution in [0.25, 0.3) is 0 Å². The SMILES string of the molecule is CCC1(COCC2(CC)COC(C3CC=CCC3)OC2)COC(C2CC=CCC2)OC1. The van der Waals surface area contributed by atoms with E-state index < -0.39 is 0 Å². The first kappa shape index (κ1) is 23.4. The first-order valence-electron chi connectivity index (χ1n) is 12.5. The highest BCUT2D eigenvalue weighted by atomic mass is 16.7. The van der Waals surface area contributed by atoms with Crippen LogP contribution in [0.2, 0.25) is 0 Å². The average molecular weight is 435 g/mol. The molecule has 4 rings (SSSR count). The van der Waals surface area contributed by atoms with Gasteiger partial charge in [-0.2, -0.15) is 0 Å². The van der Waals surface area contributed by atoms with Gasteiger partial charge in [-0.05, 0) is 51.4 Å². The molecule has 0 spiro atoms. The molecule has 2 aliphatic carbocycles. The van der Waals surface area contributed by atoms with Crippen LogP contribution >= 0.6 is 0 Å². The van der Waals surface area contributed by atoms with Gasteiger partial charge in [-0.1, -0.05) is 38.2 Å². The molecular formula is C26H42O5. The summed E-state index contributed by atoms with van der Waals surface area (Å²) in [7, 11) is 0. The fraction of sp³-hybridized carbons (Fsp3) is 0.846. The molecule has 2 saturated heterocycles. The van der Waals surface area contributed by atoms with Crippen LogP contribution in [0, 0.1) is 22.7 Å². The van der Waals surface area contributed by atoms with Crippen molar-refractivity contribution in [3.8, 4) is 0 Å². The zero-order valence-corrected chi connectivity index (χ0v) is 19.6.